The predicted molar refractivity (Wildman–Crippen MR) is 76.5 cm³/mol. The summed E-state index contributed by atoms with van der Waals surface area (Å²) in [6.45, 7) is 3.80. The lowest BCUT2D eigenvalue weighted by Gasteiger charge is -2.36. The van der Waals surface area contributed by atoms with Crippen LogP contribution in [0.4, 0.5) is 0 Å². The van der Waals surface area contributed by atoms with E-state index >= 15 is 0 Å². The molecule has 1 aliphatic rings. The van der Waals surface area contributed by atoms with Crippen LogP contribution in [0.15, 0.2) is 30.3 Å². The summed E-state index contributed by atoms with van der Waals surface area (Å²) in [5.41, 5.74) is -0.822. The minimum atomic E-state index is -1.27. The predicted octanol–water partition coefficient (Wildman–Crippen LogP) is 2.02. The lowest BCUT2D eigenvalue weighted by molar-refractivity contribution is -0.165. The summed E-state index contributed by atoms with van der Waals surface area (Å²) in [6, 6.07) is 8.60. The highest BCUT2D eigenvalue weighted by Gasteiger charge is 2.49. The first kappa shape index (κ1) is 15.2. The fourth-order valence-corrected chi connectivity index (χ4v) is 2.51. The van der Waals surface area contributed by atoms with Gasteiger partial charge in [0.25, 0.3) is 5.91 Å². The van der Waals surface area contributed by atoms with Gasteiger partial charge in [-0.15, -0.1) is 0 Å². The zero-order chi connectivity index (χ0) is 15.5. The highest BCUT2D eigenvalue weighted by Crippen LogP contribution is 2.33. The molecule has 0 aliphatic carbocycles. The average molecular weight is 289 g/mol. The molecule has 0 spiro atoms. The van der Waals surface area contributed by atoms with Crippen molar-refractivity contribution in [2.75, 3.05) is 13.2 Å². The van der Waals surface area contributed by atoms with E-state index in [1.54, 1.807) is 44.2 Å². The SMILES string of the molecule is CCOC(=O)[C@]1(C)CCCN(C(=O)c2ccccc2)C1=O. The highest BCUT2D eigenvalue weighted by atomic mass is 16.5. The number of piperidine rings is 1. The van der Waals surface area contributed by atoms with Crippen molar-refractivity contribution in [1.82, 2.24) is 4.90 Å². The molecule has 21 heavy (non-hydrogen) atoms. The highest BCUT2D eigenvalue weighted by molar-refractivity contribution is 6.12. The Bertz CT molecular complexity index is 555. The summed E-state index contributed by atoms with van der Waals surface area (Å²) in [6.07, 6.45) is 1.00. The standard InChI is InChI=1S/C16H19NO4/c1-3-21-15(20)16(2)10-7-11-17(14(16)19)13(18)12-8-5-4-6-9-12/h4-6,8-9H,3,7,10-11H2,1-2H3/t16-/m1/s1. The molecule has 1 atom stereocenters. The van der Waals surface area contributed by atoms with Crippen LogP contribution in [0.1, 0.15) is 37.0 Å². The number of rotatable bonds is 3. The van der Waals surface area contributed by atoms with Crippen LogP contribution < -0.4 is 0 Å². The van der Waals surface area contributed by atoms with Gasteiger partial charge in [0.2, 0.25) is 5.91 Å². The zero-order valence-electron chi connectivity index (χ0n) is 12.3. The van der Waals surface area contributed by atoms with Crippen molar-refractivity contribution < 1.29 is 19.1 Å². The van der Waals surface area contributed by atoms with Gasteiger partial charge in [-0.25, -0.2) is 0 Å². The van der Waals surface area contributed by atoms with Crippen molar-refractivity contribution in [3.63, 3.8) is 0 Å². The molecule has 5 nitrogen and oxygen atoms in total. The van der Waals surface area contributed by atoms with Gasteiger partial charge in [0, 0.05) is 12.1 Å². The van der Waals surface area contributed by atoms with E-state index in [9.17, 15) is 14.4 Å². The molecule has 0 unspecified atom stereocenters. The van der Waals surface area contributed by atoms with Crippen LogP contribution in [0, 0.1) is 5.41 Å². The number of imide groups is 1. The topological polar surface area (TPSA) is 63.7 Å². The first-order valence-corrected chi connectivity index (χ1v) is 7.09. The Morgan fingerprint density at radius 3 is 2.57 bits per heavy atom. The van der Waals surface area contributed by atoms with E-state index in [1.165, 1.54) is 0 Å². The van der Waals surface area contributed by atoms with Gasteiger partial charge in [0.15, 0.2) is 0 Å². The van der Waals surface area contributed by atoms with Crippen molar-refractivity contribution in [2.24, 2.45) is 5.41 Å². The van der Waals surface area contributed by atoms with Crippen LogP contribution in [0.25, 0.3) is 0 Å². The first-order chi connectivity index (χ1) is 10.0. The van der Waals surface area contributed by atoms with Gasteiger partial charge in [-0.2, -0.15) is 0 Å². The van der Waals surface area contributed by atoms with E-state index in [0.29, 0.717) is 24.9 Å². The molecule has 0 bridgehead atoms. The third kappa shape index (κ3) is 2.82. The van der Waals surface area contributed by atoms with Crippen molar-refractivity contribution in [1.29, 1.82) is 0 Å². The van der Waals surface area contributed by atoms with Crippen molar-refractivity contribution >= 4 is 17.8 Å². The number of carbonyl (C=O) groups is 3. The molecule has 1 saturated heterocycles. The largest absolute Gasteiger partial charge is 0.465 e. The van der Waals surface area contributed by atoms with E-state index in [-0.39, 0.29) is 12.5 Å². The molecule has 5 heteroatoms. The number of benzene rings is 1. The molecular formula is C16H19NO4. The number of likely N-dealkylation sites (tertiary alicyclic amines) is 1. The van der Waals surface area contributed by atoms with Crippen LogP contribution in [0.2, 0.25) is 0 Å². The second kappa shape index (κ2) is 6.08. The normalized spacial score (nSPS) is 22.0. The molecular weight excluding hydrogens is 270 g/mol. The summed E-state index contributed by atoms with van der Waals surface area (Å²) in [7, 11) is 0. The number of nitrogens with zero attached hydrogens (tertiary/aromatic N) is 1. The molecule has 0 saturated carbocycles. The van der Waals surface area contributed by atoms with Crippen LogP contribution in [-0.4, -0.2) is 35.8 Å². The van der Waals surface area contributed by atoms with Gasteiger partial charge < -0.3 is 4.74 Å². The Morgan fingerprint density at radius 2 is 1.95 bits per heavy atom. The van der Waals surface area contributed by atoms with Gasteiger partial charge in [-0.1, -0.05) is 18.2 Å². The van der Waals surface area contributed by atoms with Crippen molar-refractivity contribution in [3.05, 3.63) is 35.9 Å². The quantitative estimate of drug-likeness (QED) is 0.485. The Morgan fingerprint density at radius 1 is 1.29 bits per heavy atom. The molecule has 1 heterocycles. The van der Waals surface area contributed by atoms with E-state index < -0.39 is 17.3 Å². The van der Waals surface area contributed by atoms with Gasteiger partial charge >= 0.3 is 5.97 Å². The molecule has 1 aromatic rings. The molecule has 0 aromatic heterocycles. The number of ether oxygens (including phenoxy) is 1. The van der Waals surface area contributed by atoms with Crippen LogP contribution in [-0.2, 0) is 14.3 Å². The number of hydrogen-bond donors (Lipinski definition) is 0. The molecule has 112 valence electrons. The van der Waals surface area contributed by atoms with Crippen LogP contribution >= 0.6 is 0 Å². The molecule has 2 rings (SSSR count). The molecule has 1 fully saturated rings. The Kier molecular flexibility index (Phi) is 4.40. The number of amides is 2. The smallest absolute Gasteiger partial charge is 0.321 e. The Balaban J connectivity index is 2.24. The summed E-state index contributed by atoms with van der Waals surface area (Å²) in [5.74, 6) is -1.39. The summed E-state index contributed by atoms with van der Waals surface area (Å²) in [4.78, 5) is 38.2. The number of hydrogen-bond acceptors (Lipinski definition) is 4. The maximum atomic E-state index is 12.6. The van der Waals surface area contributed by atoms with Crippen LogP contribution in [0.3, 0.4) is 0 Å². The number of esters is 1. The number of carbonyl (C=O) groups excluding carboxylic acids is 3. The summed E-state index contributed by atoms with van der Waals surface area (Å²) < 4.78 is 4.99. The van der Waals surface area contributed by atoms with Crippen molar-refractivity contribution in [2.45, 2.75) is 26.7 Å². The summed E-state index contributed by atoms with van der Waals surface area (Å²) >= 11 is 0. The lowest BCUT2D eigenvalue weighted by atomic mass is 9.80. The first-order valence-electron chi connectivity index (χ1n) is 7.09. The average Bonchev–Trinajstić information content (AvgIpc) is 2.50. The minimum Gasteiger partial charge on any atom is -0.465 e. The third-order valence-electron chi connectivity index (χ3n) is 3.77. The zero-order valence-corrected chi connectivity index (χ0v) is 12.3. The molecule has 1 aromatic carbocycles. The van der Waals surface area contributed by atoms with E-state index in [4.69, 9.17) is 4.74 Å². The van der Waals surface area contributed by atoms with E-state index in [0.717, 1.165) is 4.90 Å². The van der Waals surface area contributed by atoms with Crippen LogP contribution in [0.5, 0.6) is 0 Å². The molecule has 2 amide bonds. The van der Waals surface area contributed by atoms with Gasteiger partial charge in [0.1, 0.15) is 5.41 Å². The fraction of sp³-hybridized carbons (Fsp3) is 0.438. The van der Waals surface area contributed by atoms with Crippen molar-refractivity contribution in [3.8, 4) is 0 Å². The van der Waals surface area contributed by atoms with Gasteiger partial charge in [-0.05, 0) is 38.8 Å². The minimum absolute atomic E-state index is 0.217. The maximum Gasteiger partial charge on any atom is 0.321 e. The molecule has 0 N–H and O–H groups in total. The second-order valence-electron chi connectivity index (χ2n) is 5.28. The van der Waals surface area contributed by atoms with E-state index in [2.05, 4.69) is 0 Å². The maximum absolute atomic E-state index is 12.6. The van der Waals surface area contributed by atoms with Gasteiger partial charge in [0.05, 0.1) is 6.61 Å². The fourth-order valence-electron chi connectivity index (χ4n) is 2.51. The molecule has 0 radical (unpaired) electrons. The van der Waals surface area contributed by atoms with E-state index in [1.807, 2.05) is 0 Å². The summed E-state index contributed by atoms with van der Waals surface area (Å²) in [5, 5.41) is 0. The second-order valence-corrected chi connectivity index (χ2v) is 5.28. The van der Waals surface area contributed by atoms with Gasteiger partial charge in [-0.3, -0.25) is 19.3 Å². The Labute approximate surface area is 123 Å². The molecule has 1 aliphatic heterocycles. The monoisotopic (exact) mass is 289 g/mol. The lowest BCUT2D eigenvalue weighted by Crippen LogP contribution is -2.53. The third-order valence-corrected chi connectivity index (χ3v) is 3.77. The Hall–Kier alpha value is -2.17.